The summed E-state index contributed by atoms with van der Waals surface area (Å²) in [5, 5.41) is 9.89. The first kappa shape index (κ1) is 23.8. The molecule has 1 aromatic carbocycles. The maximum absolute atomic E-state index is 12.6. The molecule has 0 saturated heterocycles. The number of allylic oxidation sites excluding steroid dienone is 2. The van der Waals surface area contributed by atoms with Gasteiger partial charge in [-0.3, -0.25) is 9.59 Å². The SMILES string of the molecule is CCCc1cc2cc(C(=O)N(C)C)cc(COC3CC=C(CCC(=O)O)C(C)=C3C)c2o1. The highest BCUT2D eigenvalue weighted by Crippen LogP contribution is 2.32. The summed E-state index contributed by atoms with van der Waals surface area (Å²) < 4.78 is 12.4. The summed E-state index contributed by atoms with van der Waals surface area (Å²) in [6.45, 7) is 6.51. The maximum atomic E-state index is 12.6. The molecular formula is C26H33NO5. The van der Waals surface area contributed by atoms with Crippen molar-refractivity contribution in [1.82, 2.24) is 4.90 Å². The Morgan fingerprint density at radius 2 is 1.94 bits per heavy atom. The van der Waals surface area contributed by atoms with Crippen molar-refractivity contribution >= 4 is 22.8 Å². The van der Waals surface area contributed by atoms with Gasteiger partial charge in [0.1, 0.15) is 11.3 Å². The van der Waals surface area contributed by atoms with Crippen molar-refractivity contribution in [3.8, 4) is 0 Å². The minimum absolute atomic E-state index is 0.0537. The van der Waals surface area contributed by atoms with Crippen LogP contribution in [0, 0.1) is 0 Å². The van der Waals surface area contributed by atoms with Crippen molar-refractivity contribution < 1.29 is 23.8 Å². The number of aliphatic carboxylic acids is 1. The summed E-state index contributed by atoms with van der Waals surface area (Å²) in [4.78, 5) is 25.1. The number of carbonyl (C=O) groups is 2. The van der Waals surface area contributed by atoms with Crippen LogP contribution in [0.25, 0.3) is 11.0 Å². The van der Waals surface area contributed by atoms with Crippen LogP contribution in [0.5, 0.6) is 0 Å². The predicted molar refractivity (Wildman–Crippen MR) is 125 cm³/mol. The lowest BCUT2D eigenvalue weighted by atomic mass is 9.88. The van der Waals surface area contributed by atoms with E-state index in [-0.39, 0.29) is 18.4 Å². The zero-order valence-corrected chi connectivity index (χ0v) is 19.7. The van der Waals surface area contributed by atoms with Crippen LogP contribution in [-0.2, 0) is 22.6 Å². The molecule has 1 aliphatic rings. The molecule has 1 atom stereocenters. The number of carboxylic acid groups (broad SMARTS) is 1. The maximum Gasteiger partial charge on any atom is 0.303 e. The number of benzene rings is 1. The molecule has 6 nitrogen and oxygen atoms in total. The van der Waals surface area contributed by atoms with Gasteiger partial charge in [-0.15, -0.1) is 0 Å². The number of ether oxygens (including phenoxy) is 1. The first-order valence-electron chi connectivity index (χ1n) is 11.2. The Morgan fingerprint density at radius 3 is 2.59 bits per heavy atom. The fourth-order valence-electron chi connectivity index (χ4n) is 4.13. The third-order valence-electron chi connectivity index (χ3n) is 6.08. The van der Waals surface area contributed by atoms with E-state index >= 15 is 0 Å². The zero-order valence-electron chi connectivity index (χ0n) is 19.7. The minimum Gasteiger partial charge on any atom is -0.481 e. The van der Waals surface area contributed by atoms with Crippen LogP contribution in [0.3, 0.4) is 0 Å². The molecule has 1 unspecified atom stereocenters. The number of hydrogen-bond donors (Lipinski definition) is 1. The fraction of sp³-hybridized carbons (Fsp3) is 0.462. The monoisotopic (exact) mass is 439 g/mol. The van der Waals surface area contributed by atoms with Gasteiger partial charge >= 0.3 is 5.97 Å². The van der Waals surface area contributed by atoms with Gasteiger partial charge < -0.3 is 19.2 Å². The molecule has 0 radical (unpaired) electrons. The molecule has 0 spiro atoms. The Bertz CT molecular complexity index is 1070. The molecule has 6 heteroatoms. The molecule has 1 amide bonds. The predicted octanol–water partition coefficient (Wildman–Crippen LogP) is 5.50. The van der Waals surface area contributed by atoms with Crippen LogP contribution in [-0.4, -0.2) is 42.1 Å². The van der Waals surface area contributed by atoms with E-state index in [0.717, 1.165) is 51.9 Å². The van der Waals surface area contributed by atoms with Crippen LogP contribution in [0.1, 0.15) is 68.1 Å². The van der Waals surface area contributed by atoms with E-state index in [1.54, 1.807) is 19.0 Å². The number of hydrogen-bond acceptors (Lipinski definition) is 4. The average Bonchev–Trinajstić information content (AvgIpc) is 3.16. The average molecular weight is 440 g/mol. The van der Waals surface area contributed by atoms with E-state index in [1.165, 1.54) is 0 Å². The smallest absolute Gasteiger partial charge is 0.303 e. The Kier molecular flexibility index (Phi) is 7.56. The van der Waals surface area contributed by atoms with Gasteiger partial charge in [-0.05, 0) is 68.0 Å². The second-order valence-electron chi connectivity index (χ2n) is 8.68. The molecule has 32 heavy (non-hydrogen) atoms. The van der Waals surface area contributed by atoms with Gasteiger partial charge in [-0.2, -0.15) is 0 Å². The van der Waals surface area contributed by atoms with E-state index in [9.17, 15) is 9.59 Å². The molecule has 1 aliphatic carbocycles. The zero-order chi connectivity index (χ0) is 23.4. The minimum atomic E-state index is -0.785. The van der Waals surface area contributed by atoms with E-state index in [0.29, 0.717) is 25.0 Å². The van der Waals surface area contributed by atoms with Gasteiger partial charge in [-0.1, -0.05) is 13.0 Å². The van der Waals surface area contributed by atoms with Crippen LogP contribution in [0.2, 0.25) is 0 Å². The van der Waals surface area contributed by atoms with E-state index < -0.39 is 5.97 Å². The molecule has 1 aromatic heterocycles. The third kappa shape index (κ3) is 5.30. The first-order valence-corrected chi connectivity index (χ1v) is 11.2. The quantitative estimate of drug-likeness (QED) is 0.558. The highest BCUT2D eigenvalue weighted by atomic mass is 16.5. The van der Waals surface area contributed by atoms with E-state index in [4.69, 9.17) is 14.3 Å². The van der Waals surface area contributed by atoms with Crippen molar-refractivity contribution in [3.63, 3.8) is 0 Å². The molecular weight excluding hydrogens is 406 g/mol. The molecule has 172 valence electrons. The Balaban J connectivity index is 1.83. The number of aryl methyl sites for hydroxylation is 1. The first-order chi connectivity index (χ1) is 15.2. The highest BCUT2D eigenvalue weighted by Gasteiger charge is 2.22. The number of carboxylic acids is 1. The second kappa shape index (κ2) is 10.2. The molecule has 2 aromatic rings. The topological polar surface area (TPSA) is 80.0 Å². The van der Waals surface area contributed by atoms with Gasteiger partial charge in [0.2, 0.25) is 0 Å². The lowest BCUT2D eigenvalue weighted by Gasteiger charge is -2.26. The van der Waals surface area contributed by atoms with Gasteiger partial charge in [0.05, 0.1) is 12.7 Å². The number of nitrogens with zero attached hydrogens (tertiary/aromatic N) is 1. The number of amides is 1. The fourth-order valence-corrected chi connectivity index (χ4v) is 4.13. The Hall–Kier alpha value is -2.86. The van der Waals surface area contributed by atoms with Crippen LogP contribution >= 0.6 is 0 Å². The Morgan fingerprint density at radius 1 is 1.19 bits per heavy atom. The van der Waals surface area contributed by atoms with Crippen molar-refractivity contribution in [1.29, 1.82) is 0 Å². The lowest BCUT2D eigenvalue weighted by Crippen LogP contribution is -2.22. The van der Waals surface area contributed by atoms with Crippen molar-refractivity contribution in [2.45, 2.75) is 65.6 Å². The third-order valence-corrected chi connectivity index (χ3v) is 6.08. The van der Waals surface area contributed by atoms with Crippen molar-refractivity contribution in [2.24, 2.45) is 0 Å². The molecule has 0 saturated carbocycles. The normalized spacial score (nSPS) is 16.4. The van der Waals surface area contributed by atoms with E-state index in [2.05, 4.69) is 13.0 Å². The lowest BCUT2D eigenvalue weighted by molar-refractivity contribution is -0.136. The summed E-state index contributed by atoms with van der Waals surface area (Å²) in [5.74, 6) is 0.0718. The van der Waals surface area contributed by atoms with Gasteiger partial charge in [-0.25, -0.2) is 0 Å². The second-order valence-corrected chi connectivity index (χ2v) is 8.68. The van der Waals surface area contributed by atoms with Gasteiger partial charge in [0.15, 0.2) is 0 Å². The van der Waals surface area contributed by atoms with Crippen LogP contribution < -0.4 is 0 Å². The Labute approximate surface area is 189 Å². The van der Waals surface area contributed by atoms with Crippen molar-refractivity contribution in [2.75, 3.05) is 14.1 Å². The summed E-state index contributed by atoms with van der Waals surface area (Å²) in [7, 11) is 3.49. The van der Waals surface area contributed by atoms with Gasteiger partial charge in [0, 0.05) is 43.5 Å². The van der Waals surface area contributed by atoms with Crippen LogP contribution in [0.15, 0.2) is 45.4 Å². The molecule has 0 aliphatic heterocycles. The molecule has 3 rings (SSSR count). The standard InChI is InChI=1S/C26H33NO5/c1-6-7-22-14-19-12-20(26(30)27(4)5)13-21(25(19)32-22)15-31-23-10-8-18(9-11-24(28)29)16(2)17(23)3/h8,12-14,23H,6-7,9-11,15H2,1-5H3,(H,28,29). The van der Waals surface area contributed by atoms with E-state index in [1.807, 2.05) is 32.0 Å². The number of fused-ring (bicyclic) bond motifs is 1. The van der Waals surface area contributed by atoms with Gasteiger partial charge in [0.25, 0.3) is 5.91 Å². The van der Waals surface area contributed by atoms with Crippen molar-refractivity contribution in [3.05, 3.63) is 57.9 Å². The number of rotatable bonds is 9. The number of furan rings is 1. The highest BCUT2D eigenvalue weighted by molar-refractivity contribution is 5.98. The molecule has 1 N–H and O–H groups in total. The molecule has 1 heterocycles. The molecule has 0 fully saturated rings. The van der Waals surface area contributed by atoms with Crippen LogP contribution in [0.4, 0.5) is 0 Å². The number of carbonyl (C=O) groups excluding carboxylic acids is 1. The molecule has 0 bridgehead atoms. The largest absolute Gasteiger partial charge is 0.481 e. The summed E-state index contributed by atoms with van der Waals surface area (Å²) in [5.41, 5.74) is 5.56. The summed E-state index contributed by atoms with van der Waals surface area (Å²) in [6, 6.07) is 5.77. The summed E-state index contributed by atoms with van der Waals surface area (Å²) >= 11 is 0. The summed E-state index contributed by atoms with van der Waals surface area (Å²) in [6.07, 6.45) is 5.20.